The van der Waals surface area contributed by atoms with Crippen molar-refractivity contribution in [2.75, 3.05) is 6.61 Å². The molecule has 3 rings (SSSR count). The highest BCUT2D eigenvalue weighted by molar-refractivity contribution is 7.13. The Labute approximate surface area is 180 Å². The molecule has 1 amide bonds. The Balaban J connectivity index is 1.90. The van der Waals surface area contributed by atoms with Crippen molar-refractivity contribution >= 4 is 28.9 Å². The molecule has 2 aromatic heterocycles. The minimum Gasteiger partial charge on any atom is -0.478 e. The summed E-state index contributed by atoms with van der Waals surface area (Å²) in [5.74, 6) is -1.90. The van der Waals surface area contributed by atoms with Crippen LogP contribution < -0.4 is 0 Å². The third-order valence-electron chi connectivity index (χ3n) is 4.07. The number of nitrogens with zero attached hydrogens (tertiary/aromatic N) is 4. The van der Waals surface area contributed by atoms with Gasteiger partial charge in [-0.3, -0.25) is 24.7 Å². The lowest BCUT2D eigenvalue weighted by Crippen LogP contribution is -2.31. The average Bonchev–Trinajstić information content (AvgIpc) is 3.27. The molecule has 31 heavy (non-hydrogen) atoms. The summed E-state index contributed by atoms with van der Waals surface area (Å²) in [6.07, 6.45) is 4.64. The molecule has 0 aliphatic heterocycles. The molecule has 0 aliphatic rings. The van der Waals surface area contributed by atoms with Crippen molar-refractivity contribution in [3.63, 3.8) is 0 Å². The number of carboxylic acids is 1. The molecule has 11 heteroatoms. The Morgan fingerprint density at radius 1 is 1.29 bits per heavy atom. The minimum absolute atomic E-state index is 0.0197. The van der Waals surface area contributed by atoms with Crippen molar-refractivity contribution in [2.45, 2.75) is 6.54 Å². The van der Waals surface area contributed by atoms with Crippen LogP contribution in [0.15, 0.2) is 60.8 Å². The minimum atomic E-state index is -1.29. The maximum atomic E-state index is 13.0. The normalized spacial score (nSPS) is 10.5. The molecule has 0 spiro atoms. The second kappa shape index (κ2) is 9.69. The number of pyridine rings is 1. The zero-order chi connectivity index (χ0) is 22.4. The third-order valence-corrected chi connectivity index (χ3v) is 4.96. The summed E-state index contributed by atoms with van der Waals surface area (Å²) >= 11 is 1.26. The number of hydrogen-bond acceptors (Lipinski definition) is 8. The number of benzene rings is 1. The fraction of sp³-hybridized carbons (Fsp3) is 0.100. The molecule has 1 aromatic carbocycles. The van der Waals surface area contributed by atoms with E-state index in [0.29, 0.717) is 5.01 Å². The Morgan fingerprint density at radius 2 is 2.03 bits per heavy atom. The number of amides is 1. The van der Waals surface area contributed by atoms with E-state index in [4.69, 9.17) is 9.94 Å². The van der Waals surface area contributed by atoms with Gasteiger partial charge in [0.1, 0.15) is 10.7 Å². The fourth-order valence-electron chi connectivity index (χ4n) is 2.60. The average molecular weight is 440 g/mol. The predicted molar refractivity (Wildman–Crippen MR) is 111 cm³/mol. The van der Waals surface area contributed by atoms with E-state index < -0.39 is 22.5 Å². The van der Waals surface area contributed by atoms with Crippen LogP contribution in [0.1, 0.15) is 26.4 Å². The molecule has 1 N–H and O–H groups in total. The molecular weight excluding hydrogens is 424 g/mol. The summed E-state index contributed by atoms with van der Waals surface area (Å²) < 4.78 is 0. The van der Waals surface area contributed by atoms with Gasteiger partial charge in [-0.25, -0.2) is 14.8 Å². The number of carbonyl (C=O) groups excluding carboxylic acids is 1. The van der Waals surface area contributed by atoms with Crippen molar-refractivity contribution in [2.24, 2.45) is 0 Å². The molecule has 0 fully saturated rings. The van der Waals surface area contributed by atoms with E-state index in [2.05, 4.69) is 16.5 Å². The number of rotatable bonds is 9. The number of nitro groups is 1. The van der Waals surface area contributed by atoms with Crippen molar-refractivity contribution in [1.29, 1.82) is 0 Å². The van der Waals surface area contributed by atoms with E-state index in [9.17, 15) is 19.7 Å². The SMILES string of the molecule is C=CCON(Cc1ccc(C(=O)O)cc1[N+](=O)[O-])C(=O)c1csc(-c2ccncc2)n1. The zero-order valence-corrected chi connectivity index (χ0v) is 16.8. The highest BCUT2D eigenvalue weighted by Crippen LogP contribution is 2.26. The molecule has 0 radical (unpaired) electrons. The summed E-state index contributed by atoms with van der Waals surface area (Å²) in [6.45, 7) is 3.23. The van der Waals surface area contributed by atoms with Gasteiger partial charge in [0.2, 0.25) is 0 Å². The van der Waals surface area contributed by atoms with E-state index in [0.717, 1.165) is 16.7 Å². The molecule has 0 bridgehead atoms. The van der Waals surface area contributed by atoms with Gasteiger partial charge < -0.3 is 5.11 Å². The van der Waals surface area contributed by atoms with Gasteiger partial charge in [0.05, 0.1) is 29.2 Å². The monoisotopic (exact) mass is 440 g/mol. The van der Waals surface area contributed by atoms with E-state index >= 15 is 0 Å². The van der Waals surface area contributed by atoms with Crippen LogP contribution in [0.2, 0.25) is 0 Å². The van der Waals surface area contributed by atoms with Crippen molar-refractivity contribution in [3.05, 3.63) is 87.7 Å². The molecular formula is C20H16N4O6S. The zero-order valence-electron chi connectivity index (χ0n) is 16.0. The lowest BCUT2D eigenvalue weighted by Gasteiger charge is -2.20. The van der Waals surface area contributed by atoms with Gasteiger partial charge in [0.15, 0.2) is 0 Å². The number of hydroxylamine groups is 2. The predicted octanol–water partition coefficient (Wildman–Crippen LogP) is 3.57. The van der Waals surface area contributed by atoms with Crippen LogP contribution in [0, 0.1) is 10.1 Å². The number of hydrogen-bond donors (Lipinski definition) is 1. The molecule has 10 nitrogen and oxygen atoms in total. The lowest BCUT2D eigenvalue weighted by atomic mass is 10.1. The van der Waals surface area contributed by atoms with Gasteiger partial charge in [0.25, 0.3) is 11.6 Å². The first-order chi connectivity index (χ1) is 14.9. The summed E-state index contributed by atoms with van der Waals surface area (Å²) in [4.78, 5) is 48.5. The first kappa shape index (κ1) is 21.7. The standard InChI is InChI=1S/C20H16N4O6S/c1-2-9-30-23(11-15-4-3-14(20(26)27)10-17(15)24(28)29)19(25)16-12-31-18(22-16)13-5-7-21-8-6-13/h2-8,10,12H,1,9,11H2,(H,26,27). The largest absolute Gasteiger partial charge is 0.478 e. The molecule has 158 valence electrons. The van der Waals surface area contributed by atoms with Gasteiger partial charge >= 0.3 is 5.97 Å². The quantitative estimate of drug-likeness (QED) is 0.303. The second-order valence-electron chi connectivity index (χ2n) is 6.11. The van der Waals surface area contributed by atoms with Crippen molar-refractivity contribution < 1.29 is 24.5 Å². The fourth-order valence-corrected chi connectivity index (χ4v) is 3.40. The van der Waals surface area contributed by atoms with E-state index in [-0.39, 0.29) is 30.0 Å². The van der Waals surface area contributed by atoms with Crippen molar-refractivity contribution in [1.82, 2.24) is 15.0 Å². The molecule has 0 atom stereocenters. The molecule has 3 aromatic rings. The number of aromatic nitrogens is 2. The number of nitro benzene ring substituents is 1. The van der Waals surface area contributed by atoms with Gasteiger partial charge in [-0.05, 0) is 24.3 Å². The highest BCUT2D eigenvalue weighted by Gasteiger charge is 2.25. The Kier molecular flexibility index (Phi) is 6.80. The smallest absolute Gasteiger partial charge is 0.335 e. The highest BCUT2D eigenvalue weighted by atomic mass is 32.1. The van der Waals surface area contributed by atoms with E-state index in [1.807, 2.05) is 0 Å². The number of aromatic carboxylic acids is 1. The topological polar surface area (TPSA) is 136 Å². The second-order valence-corrected chi connectivity index (χ2v) is 6.96. The Hall–Kier alpha value is -3.96. The number of carboxylic acid groups (broad SMARTS) is 1. The van der Waals surface area contributed by atoms with Gasteiger partial charge in [-0.1, -0.05) is 6.08 Å². The summed E-state index contributed by atoms with van der Waals surface area (Å²) in [7, 11) is 0. The third kappa shape index (κ3) is 5.15. The first-order valence-corrected chi connectivity index (χ1v) is 9.71. The summed E-state index contributed by atoms with van der Waals surface area (Å²) in [5, 5.41) is 23.6. The number of carbonyl (C=O) groups is 2. The van der Waals surface area contributed by atoms with Crippen LogP contribution in [0.25, 0.3) is 10.6 Å². The lowest BCUT2D eigenvalue weighted by molar-refractivity contribution is -0.386. The Bertz CT molecular complexity index is 1130. The molecule has 0 unspecified atom stereocenters. The van der Waals surface area contributed by atoms with Gasteiger partial charge in [0, 0.05) is 29.4 Å². The van der Waals surface area contributed by atoms with E-state index in [1.54, 1.807) is 29.9 Å². The number of thiazole rings is 1. The van der Waals surface area contributed by atoms with Crippen LogP contribution in [-0.4, -0.2) is 43.5 Å². The maximum Gasteiger partial charge on any atom is 0.335 e. The van der Waals surface area contributed by atoms with Crippen LogP contribution in [0.3, 0.4) is 0 Å². The molecule has 0 saturated heterocycles. The summed E-state index contributed by atoms with van der Waals surface area (Å²) in [6, 6.07) is 6.96. The van der Waals surface area contributed by atoms with Crippen LogP contribution >= 0.6 is 11.3 Å². The maximum absolute atomic E-state index is 13.0. The van der Waals surface area contributed by atoms with Crippen LogP contribution in [0.4, 0.5) is 5.69 Å². The van der Waals surface area contributed by atoms with E-state index in [1.165, 1.54) is 29.5 Å². The van der Waals surface area contributed by atoms with Crippen molar-refractivity contribution in [3.8, 4) is 10.6 Å². The molecule has 0 aliphatic carbocycles. The van der Waals surface area contributed by atoms with Crippen LogP contribution in [-0.2, 0) is 11.4 Å². The first-order valence-electron chi connectivity index (χ1n) is 8.83. The molecule has 0 saturated carbocycles. The molecule has 2 heterocycles. The van der Waals surface area contributed by atoms with Gasteiger partial charge in [-0.15, -0.1) is 17.9 Å². The Morgan fingerprint density at radius 3 is 2.68 bits per heavy atom. The van der Waals surface area contributed by atoms with Crippen LogP contribution in [0.5, 0.6) is 0 Å². The van der Waals surface area contributed by atoms with Gasteiger partial charge in [-0.2, -0.15) is 0 Å². The summed E-state index contributed by atoms with van der Waals surface area (Å²) in [5.41, 5.74) is 0.331.